The van der Waals surface area contributed by atoms with Crippen LogP contribution in [0.2, 0.25) is 0 Å². The lowest BCUT2D eigenvalue weighted by Gasteiger charge is -2.20. The van der Waals surface area contributed by atoms with E-state index in [0.717, 1.165) is 19.3 Å². The lowest BCUT2D eigenvalue weighted by Crippen LogP contribution is -2.41. The van der Waals surface area contributed by atoms with E-state index in [9.17, 15) is 4.79 Å². The average Bonchev–Trinajstić information content (AvgIpc) is 3.01. The van der Waals surface area contributed by atoms with Gasteiger partial charge >= 0.3 is 0 Å². The molecule has 0 spiro atoms. The molecular weight excluding hydrogens is 244 g/mol. The third kappa shape index (κ3) is 2.14. The van der Waals surface area contributed by atoms with Gasteiger partial charge in [-0.25, -0.2) is 0 Å². The minimum absolute atomic E-state index is 0.108. The van der Waals surface area contributed by atoms with Crippen molar-refractivity contribution in [3.63, 3.8) is 0 Å². The summed E-state index contributed by atoms with van der Waals surface area (Å²) >= 11 is 0. The molecule has 1 aromatic rings. The molecule has 3 atom stereocenters. The fraction of sp³-hybridized carbons (Fsp3) is 0.500. The van der Waals surface area contributed by atoms with Gasteiger partial charge < -0.3 is 20.5 Å². The molecule has 2 heterocycles. The summed E-state index contributed by atoms with van der Waals surface area (Å²) in [5.41, 5.74) is 6.77. The van der Waals surface area contributed by atoms with Gasteiger partial charge in [0.15, 0.2) is 0 Å². The van der Waals surface area contributed by atoms with Crippen molar-refractivity contribution in [3.8, 4) is 5.75 Å². The van der Waals surface area contributed by atoms with Gasteiger partial charge in [-0.1, -0.05) is 6.07 Å². The van der Waals surface area contributed by atoms with Gasteiger partial charge in [-0.2, -0.15) is 0 Å². The maximum absolute atomic E-state index is 12.3. The Labute approximate surface area is 112 Å². The van der Waals surface area contributed by atoms with Crippen LogP contribution in [-0.2, 0) is 4.74 Å². The predicted octanol–water partition coefficient (Wildman–Crippen LogP) is 1.33. The molecule has 0 saturated carbocycles. The van der Waals surface area contributed by atoms with Crippen LogP contribution in [0, 0.1) is 0 Å². The molecule has 3 N–H and O–H groups in total. The van der Waals surface area contributed by atoms with Gasteiger partial charge in [0.25, 0.3) is 5.91 Å². The summed E-state index contributed by atoms with van der Waals surface area (Å²) in [5.74, 6) is 0.370. The number of carbonyl (C=O) groups excluding carboxylic acids is 1. The molecule has 0 radical (unpaired) electrons. The number of nitrogens with one attached hydrogen (secondary N) is 1. The van der Waals surface area contributed by atoms with Crippen molar-refractivity contribution < 1.29 is 14.3 Å². The molecule has 2 aliphatic heterocycles. The first-order chi connectivity index (χ1) is 9.19. The summed E-state index contributed by atoms with van der Waals surface area (Å²) in [6.45, 7) is 0. The highest BCUT2D eigenvalue weighted by Crippen LogP contribution is 2.34. The molecule has 1 aromatic carbocycles. The Hall–Kier alpha value is -1.75. The van der Waals surface area contributed by atoms with Crippen molar-refractivity contribution in [3.05, 3.63) is 23.8 Å². The number of anilines is 1. The Morgan fingerprint density at radius 1 is 1.47 bits per heavy atom. The molecule has 1 amide bonds. The largest absolute Gasteiger partial charge is 0.495 e. The van der Waals surface area contributed by atoms with Crippen LogP contribution in [0.4, 0.5) is 5.69 Å². The van der Waals surface area contributed by atoms with E-state index in [-0.39, 0.29) is 18.1 Å². The van der Waals surface area contributed by atoms with E-state index in [0.29, 0.717) is 23.1 Å². The summed E-state index contributed by atoms with van der Waals surface area (Å²) < 4.78 is 10.9. The van der Waals surface area contributed by atoms with Crippen molar-refractivity contribution >= 4 is 11.6 Å². The number of rotatable bonds is 3. The monoisotopic (exact) mass is 262 g/mol. The van der Waals surface area contributed by atoms with Crippen LogP contribution in [0.15, 0.2) is 18.2 Å². The number of hydrogen-bond donors (Lipinski definition) is 2. The summed E-state index contributed by atoms with van der Waals surface area (Å²) in [6.07, 6.45) is 3.53. The Morgan fingerprint density at radius 3 is 2.95 bits per heavy atom. The van der Waals surface area contributed by atoms with E-state index in [1.807, 2.05) is 0 Å². The molecule has 0 aromatic heterocycles. The summed E-state index contributed by atoms with van der Waals surface area (Å²) in [5, 5.41) is 3.02. The number of nitrogen functional groups attached to an aromatic ring is 1. The van der Waals surface area contributed by atoms with Crippen molar-refractivity contribution in [2.75, 3.05) is 12.8 Å². The number of para-hydroxylation sites is 1. The summed E-state index contributed by atoms with van der Waals surface area (Å²) in [6, 6.07) is 5.33. The number of benzene rings is 1. The van der Waals surface area contributed by atoms with E-state index in [4.69, 9.17) is 15.2 Å². The van der Waals surface area contributed by atoms with Crippen molar-refractivity contribution in [1.82, 2.24) is 5.32 Å². The van der Waals surface area contributed by atoms with Crippen molar-refractivity contribution in [2.45, 2.75) is 37.5 Å². The molecule has 5 heteroatoms. The zero-order valence-electron chi connectivity index (χ0n) is 10.9. The molecule has 3 unspecified atom stereocenters. The topological polar surface area (TPSA) is 73.6 Å². The number of hydrogen-bond acceptors (Lipinski definition) is 4. The zero-order chi connectivity index (χ0) is 13.4. The van der Waals surface area contributed by atoms with Crippen molar-refractivity contribution in [1.29, 1.82) is 0 Å². The van der Waals surface area contributed by atoms with Crippen LogP contribution in [0.5, 0.6) is 5.75 Å². The van der Waals surface area contributed by atoms with Crippen LogP contribution in [0.25, 0.3) is 0 Å². The molecule has 2 aliphatic rings. The quantitative estimate of drug-likeness (QED) is 0.806. The second-order valence-corrected chi connectivity index (χ2v) is 5.11. The van der Waals surface area contributed by atoms with E-state index < -0.39 is 0 Å². The molecule has 5 nitrogen and oxygen atoms in total. The van der Waals surface area contributed by atoms with E-state index in [2.05, 4.69) is 5.32 Å². The highest BCUT2D eigenvalue weighted by molar-refractivity contribution is 6.00. The second-order valence-electron chi connectivity index (χ2n) is 5.11. The predicted molar refractivity (Wildman–Crippen MR) is 71.2 cm³/mol. The van der Waals surface area contributed by atoms with E-state index in [1.54, 1.807) is 18.2 Å². The Morgan fingerprint density at radius 2 is 2.32 bits per heavy atom. The highest BCUT2D eigenvalue weighted by atomic mass is 16.5. The molecular formula is C14H18N2O3. The van der Waals surface area contributed by atoms with Gasteiger partial charge in [0.1, 0.15) is 5.75 Å². The molecule has 0 aliphatic carbocycles. The first-order valence-electron chi connectivity index (χ1n) is 6.58. The number of carbonyl (C=O) groups is 1. The molecule has 2 bridgehead atoms. The average molecular weight is 262 g/mol. The minimum Gasteiger partial charge on any atom is -0.495 e. The molecule has 102 valence electrons. The van der Waals surface area contributed by atoms with Gasteiger partial charge in [-0.05, 0) is 31.4 Å². The van der Waals surface area contributed by atoms with E-state index >= 15 is 0 Å². The minimum atomic E-state index is -0.155. The lowest BCUT2D eigenvalue weighted by atomic mass is 9.95. The summed E-state index contributed by atoms with van der Waals surface area (Å²) in [4.78, 5) is 12.3. The fourth-order valence-corrected chi connectivity index (χ4v) is 2.96. The fourth-order valence-electron chi connectivity index (χ4n) is 2.96. The number of amides is 1. The standard InChI is InChI=1S/C14H18N2O3/c1-18-12-4-2-3-9(13(12)15)14(17)16-10-7-8-5-6-11(10)19-8/h2-4,8,10-11H,5-7,15H2,1H3,(H,16,17). The van der Waals surface area contributed by atoms with Gasteiger partial charge in [0.2, 0.25) is 0 Å². The Balaban J connectivity index is 1.74. The van der Waals surface area contributed by atoms with Gasteiger partial charge in [-0.3, -0.25) is 4.79 Å². The first-order valence-corrected chi connectivity index (χ1v) is 6.58. The summed E-state index contributed by atoms with van der Waals surface area (Å²) in [7, 11) is 1.54. The number of nitrogens with two attached hydrogens (primary N) is 1. The zero-order valence-corrected chi connectivity index (χ0v) is 10.9. The maximum atomic E-state index is 12.3. The number of ether oxygens (including phenoxy) is 2. The van der Waals surface area contributed by atoms with E-state index in [1.165, 1.54) is 7.11 Å². The van der Waals surface area contributed by atoms with Gasteiger partial charge in [0.05, 0.1) is 36.6 Å². The first kappa shape index (κ1) is 12.3. The molecule has 2 saturated heterocycles. The Kier molecular flexibility index (Phi) is 3.06. The van der Waals surface area contributed by atoms with Crippen LogP contribution >= 0.6 is 0 Å². The number of fused-ring (bicyclic) bond motifs is 2. The Bertz CT molecular complexity index is 503. The number of methoxy groups -OCH3 is 1. The third-order valence-electron chi connectivity index (χ3n) is 3.95. The molecule has 19 heavy (non-hydrogen) atoms. The van der Waals surface area contributed by atoms with Gasteiger partial charge in [0, 0.05) is 0 Å². The van der Waals surface area contributed by atoms with Crippen LogP contribution in [-0.4, -0.2) is 31.3 Å². The third-order valence-corrected chi connectivity index (χ3v) is 3.95. The smallest absolute Gasteiger partial charge is 0.253 e. The SMILES string of the molecule is COc1cccc(C(=O)NC2CC3CCC2O3)c1N. The maximum Gasteiger partial charge on any atom is 0.253 e. The highest BCUT2D eigenvalue weighted by Gasteiger charge is 2.41. The molecule has 2 fully saturated rings. The lowest BCUT2D eigenvalue weighted by molar-refractivity contribution is 0.0841. The second kappa shape index (κ2) is 4.74. The van der Waals surface area contributed by atoms with Crippen LogP contribution in [0.3, 0.4) is 0 Å². The van der Waals surface area contributed by atoms with Crippen molar-refractivity contribution in [2.24, 2.45) is 0 Å². The van der Waals surface area contributed by atoms with Crippen LogP contribution in [0.1, 0.15) is 29.6 Å². The normalized spacial score (nSPS) is 28.4. The van der Waals surface area contributed by atoms with Gasteiger partial charge in [-0.15, -0.1) is 0 Å². The van der Waals surface area contributed by atoms with Crippen LogP contribution < -0.4 is 15.8 Å². The molecule has 3 rings (SSSR count).